The van der Waals surface area contributed by atoms with E-state index < -0.39 is 11.3 Å². The van der Waals surface area contributed by atoms with Gasteiger partial charge in [-0.25, -0.2) is 4.39 Å². The highest BCUT2D eigenvalue weighted by molar-refractivity contribution is 9.10. The fraction of sp³-hybridized carbons (Fsp3) is 0.375. The molecule has 1 heterocycles. The Labute approximate surface area is 146 Å². The lowest BCUT2D eigenvalue weighted by molar-refractivity contribution is -0.124. The van der Waals surface area contributed by atoms with Crippen LogP contribution in [0.4, 0.5) is 4.39 Å². The maximum Gasteiger partial charge on any atom is 0.271 e. The number of carbonyl (C=O) groups is 1. The summed E-state index contributed by atoms with van der Waals surface area (Å²) in [4.78, 5) is 16.2. The van der Waals surface area contributed by atoms with Gasteiger partial charge in [0.05, 0.1) is 0 Å². The molecule has 1 unspecified atom stereocenters. The summed E-state index contributed by atoms with van der Waals surface area (Å²) in [7, 11) is 0. The first-order valence-corrected chi connectivity index (χ1v) is 9.37. The summed E-state index contributed by atoms with van der Waals surface area (Å²) in [6.45, 7) is 0.683. The third kappa shape index (κ3) is 4.14. The van der Waals surface area contributed by atoms with Gasteiger partial charge in [-0.3, -0.25) is 9.78 Å². The van der Waals surface area contributed by atoms with Crippen LogP contribution in [0.15, 0.2) is 28.9 Å². The van der Waals surface area contributed by atoms with Gasteiger partial charge in [-0.05, 0) is 53.1 Å². The smallest absolute Gasteiger partial charge is 0.271 e. The van der Waals surface area contributed by atoms with Crippen molar-refractivity contribution in [2.45, 2.75) is 18.3 Å². The molecule has 1 amide bonds. The number of fused-ring (bicyclic) bond motifs is 1. The van der Waals surface area contributed by atoms with Crippen molar-refractivity contribution in [3.8, 4) is 5.75 Å². The van der Waals surface area contributed by atoms with Crippen molar-refractivity contribution in [1.82, 2.24) is 10.3 Å². The second-order valence-electron chi connectivity index (χ2n) is 5.50. The largest absolute Gasteiger partial charge is 0.470 e. The van der Waals surface area contributed by atoms with Gasteiger partial charge in [0.2, 0.25) is 5.44 Å². The predicted octanol–water partition coefficient (Wildman–Crippen LogP) is 3.73. The number of hydrogen-bond donors (Lipinski definition) is 1. The summed E-state index contributed by atoms with van der Waals surface area (Å²) in [6, 6.07) is 4.72. The zero-order chi connectivity index (χ0) is 16.4. The molecule has 3 rings (SSSR count). The molecule has 1 fully saturated rings. The number of pyridine rings is 1. The van der Waals surface area contributed by atoms with Crippen molar-refractivity contribution in [3.63, 3.8) is 0 Å². The van der Waals surface area contributed by atoms with E-state index in [1.165, 1.54) is 30.7 Å². The van der Waals surface area contributed by atoms with Gasteiger partial charge in [0.15, 0.2) is 5.82 Å². The number of benzene rings is 1. The fourth-order valence-electron chi connectivity index (χ4n) is 2.20. The summed E-state index contributed by atoms with van der Waals surface area (Å²) < 4.78 is 20.6. The summed E-state index contributed by atoms with van der Waals surface area (Å²) >= 11 is 4.59. The summed E-state index contributed by atoms with van der Waals surface area (Å²) in [6.07, 6.45) is 5.67. The van der Waals surface area contributed by atoms with Gasteiger partial charge >= 0.3 is 0 Å². The van der Waals surface area contributed by atoms with Crippen LogP contribution in [-0.2, 0) is 4.79 Å². The number of ether oxygens (including phenoxy) is 1. The number of nitrogens with zero attached hydrogens (tertiary/aromatic N) is 1. The van der Waals surface area contributed by atoms with Gasteiger partial charge in [-0.15, -0.1) is 11.8 Å². The Morgan fingerprint density at radius 1 is 1.52 bits per heavy atom. The van der Waals surface area contributed by atoms with E-state index in [2.05, 4.69) is 26.2 Å². The van der Waals surface area contributed by atoms with Crippen molar-refractivity contribution in [3.05, 3.63) is 34.7 Å². The van der Waals surface area contributed by atoms with E-state index in [-0.39, 0.29) is 11.4 Å². The number of hydrogen-bond acceptors (Lipinski definition) is 4. The third-order valence-electron chi connectivity index (χ3n) is 3.61. The van der Waals surface area contributed by atoms with Crippen LogP contribution in [-0.4, -0.2) is 29.1 Å². The van der Waals surface area contributed by atoms with E-state index >= 15 is 0 Å². The van der Waals surface area contributed by atoms with Crippen LogP contribution in [0.25, 0.3) is 10.9 Å². The molecule has 0 bridgehead atoms. The first-order valence-electron chi connectivity index (χ1n) is 7.29. The molecule has 1 aromatic heterocycles. The van der Waals surface area contributed by atoms with Crippen molar-refractivity contribution in [2.24, 2.45) is 5.92 Å². The van der Waals surface area contributed by atoms with E-state index in [9.17, 15) is 9.18 Å². The molecule has 2 aromatic rings. The Hall–Kier alpha value is -1.34. The van der Waals surface area contributed by atoms with Gasteiger partial charge in [0.1, 0.15) is 11.3 Å². The SMILES string of the molecule is CSC(Oc1cc(F)c2ncc(Br)cc2c1)C(=O)NCC1CC1. The van der Waals surface area contributed by atoms with Crippen molar-refractivity contribution in [2.75, 3.05) is 12.8 Å². The van der Waals surface area contributed by atoms with E-state index in [1.807, 2.05) is 0 Å². The van der Waals surface area contributed by atoms with Crippen LogP contribution in [0.5, 0.6) is 5.75 Å². The molecule has 4 nitrogen and oxygen atoms in total. The molecule has 122 valence electrons. The zero-order valence-electron chi connectivity index (χ0n) is 12.5. The minimum atomic E-state index is -0.703. The number of halogens is 2. The molecule has 0 aliphatic heterocycles. The first kappa shape index (κ1) is 16.5. The van der Waals surface area contributed by atoms with E-state index in [1.54, 1.807) is 24.6 Å². The van der Waals surface area contributed by atoms with E-state index in [0.717, 1.165) is 4.47 Å². The quantitative estimate of drug-likeness (QED) is 0.753. The summed E-state index contributed by atoms with van der Waals surface area (Å²) in [5.74, 6) is 0.263. The summed E-state index contributed by atoms with van der Waals surface area (Å²) in [5.41, 5.74) is -0.426. The second-order valence-corrected chi connectivity index (χ2v) is 7.32. The Kier molecular flexibility index (Phi) is 5.06. The molecule has 1 saturated carbocycles. The molecule has 0 spiro atoms. The number of nitrogens with one attached hydrogen (secondary N) is 1. The maximum atomic E-state index is 14.1. The molecule has 1 aliphatic rings. The third-order valence-corrected chi connectivity index (χ3v) is 4.78. The number of aromatic nitrogens is 1. The molecular weight excluding hydrogens is 383 g/mol. The van der Waals surface area contributed by atoms with Crippen molar-refractivity contribution >= 4 is 44.5 Å². The highest BCUT2D eigenvalue weighted by Gasteiger charge is 2.25. The molecule has 1 atom stereocenters. The van der Waals surface area contributed by atoms with Gasteiger partial charge in [-0.2, -0.15) is 0 Å². The number of thioether (sulfide) groups is 1. The molecule has 1 N–H and O–H groups in total. The maximum absolute atomic E-state index is 14.1. The molecule has 0 radical (unpaired) electrons. The van der Waals surface area contributed by atoms with Gasteiger partial charge < -0.3 is 10.1 Å². The van der Waals surface area contributed by atoms with Crippen LogP contribution >= 0.6 is 27.7 Å². The van der Waals surface area contributed by atoms with E-state index in [4.69, 9.17) is 4.74 Å². The van der Waals surface area contributed by atoms with E-state index in [0.29, 0.717) is 23.6 Å². The Morgan fingerprint density at radius 3 is 3.00 bits per heavy atom. The van der Waals surface area contributed by atoms with Gasteiger partial charge in [-0.1, -0.05) is 0 Å². The normalized spacial score (nSPS) is 15.4. The lowest BCUT2D eigenvalue weighted by Gasteiger charge is -2.17. The number of rotatable bonds is 6. The molecule has 0 saturated heterocycles. The zero-order valence-corrected chi connectivity index (χ0v) is 14.9. The Balaban J connectivity index is 1.76. The van der Waals surface area contributed by atoms with Crippen LogP contribution in [0.1, 0.15) is 12.8 Å². The van der Waals surface area contributed by atoms with Gasteiger partial charge in [0.25, 0.3) is 5.91 Å². The standard InChI is InChI=1S/C16H16BrFN2O2S/c1-23-16(15(21)20-7-9-2-3-9)22-12-5-10-4-11(17)8-19-14(10)13(18)6-12/h4-6,8-9,16H,2-3,7H2,1H3,(H,20,21). The van der Waals surface area contributed by atoms with Crippen LogP contribution in [0.3, 0.4) is 0 Å². The summed E-state index contributed by atoms with van der Waals surface area (Å²) in [5, 5.41) is 3.50. The second kappa shape index (κ2) is 7.05. The van der Waals surface area contributed by atoms with Crippen molar-refractivity contribution in [1.29, 1.82) is 0 Å². The Morgan fingerprint density at radius 2 is 2.30 bits per heavy atom. The number of carbonyl (C=O) groups excluding carboxylic acids is 1. The lowest BCUT2D eigenvalue weighted by atomic mass is 10.2. The van der Waals surface area contributed by atoms with Crippen molar-refractivity contribution < 1.29 is 13.9 Å². The predicted molar refractivity (Wildman–Crippen MR) is 93.1 cm³/mol. The van der Waals surface area contributed by atoms with Crippen LogP contribution in [0, 0.1) is 11.7 Å². The minimum absolute atomic E-state index is 0.183. The molecule has 23 heavy (non-hydrogen) atoms. The average Bonchev–Trinajstić information content (AvgIpc) is 3.34. The number of amides is 1. The highest BCUT2D eigenvalue weighted by atomic mass is 79.9. The molecule has 1 aromatic carbocycles. The fourth-order valence-corrected chi connectivity index (χ4v) is 3.06. The van der Waals surface area contributed by atoms with Crippen LogP contribution in [0.2, 0.25) is 0 Å². The topological polar surface area (TPSA) is 51.2 Å². The minimum Gasteiger partial charge on any atom is -0.470 e. The average molecular weight is 399 g/mol. The van der Waals surface area contributed by atoms with Crippen LogP contribution < -0.4 is 10.1 Å². The molecular formula is C16H16BrFN2O2S. The Bertz CT molecular complexity index is 739. The molecule has 7 heteroatoms. The molecule has 1 aliphatic carbocycles. The van der Waals surface area contributed by atoms with Gasteiger partial charge in [0, 0.05) is 28.7 Å². The first-order chi connectivity index (χ1) is 11.1. The lowest BCUT2D eigenvalue weighted by Crippen LogP contribution is -2.37. The highest BCUT2D eigenvalue weighted by Crippen LogP contribution is 2.29. The monoisotopic (exact) mass is 398 g/mol.